The van der Waals surface area contributed by atoms with Crippen molar-refractivity contribution in [3.05, 3.63) is 48.2 Å². The second-order valence-electron chi connectivity index (χ2n) is 8.36. The van der Waals surface area contributed by atoms with Crippen LogP contribution < -0.4 is 10.1 Å². The number of benzene rings is 1. The number of carbonyl (C=O) groups is 1. The molecule has 2 aliphatic rings. The fourth-order valence-corrected chi connectivity index (χ4v) is 4.34. The lowest BCUT2D eigenvalue weighted by atomic mass is 10.1. The lowest BCUT2D eigenvalue weighted by molar-refractivity contribution is -0.134. The van der Waals surface area contributed by atoms with Crippen molar-refractivity contribution in [3.63, 3.8) is 0 Å². The summed E-state index contributed by atoms with van der Waals surface area (Å²) in [6, 6.07) is 12.4. The van der Waals surface area contributed by atoms with Crippen LogP contribution >= 0.6 is 0 Å². The van der Waals surface area contributed by atoms with Gasteiger partial charge in [-0.1, -0.05) is 37.3 Å². The van der Waals surface area contributed by atoms with Crippen LogP contribution in [0.5, 0.6) is 5.88 Å². The predicted octanol–water partition coefficient (Wildman–Crippen LogP) is 3.37. The van der Waals surface area contributed by atoms with Crippen LogP contribution in [-0.2, 0) is 4.79 Å². The number of aliphatic hydroxyl groups is 1. The van der Waals surface area contributed by atoms with Crippen molar-refractivity contribution in [2.45, 2.75) is 44.4 Å². The zero-order valence-corrected chi connectivity index (χ0v) is 17.6. The molecule has 1 aliphatic heterocycles. The minimum Gasteiger partial charge on any atom is -0.481 e. The van der Waals surface area contributed by atoms with Gasteiger partial charge in [-0.2, -0.15) is 0 Å². The number of aromatic nitrogens is 1. The summed E-state index contributed by atoms with van der Waals surface area (Å²) in [7, 11) is 1.51. The van der Waals surface area contributed by atoms with E-state index >= 15 is 0 Å². The average Bonchev–Trinajstić information content (AvgIpc) is 3.10. The lowest BCUT2D eigenvalue weighted by Gasteiger charge is -2.26. The number of methoxy groups -OCH3 is 1. The van der Waals surface area contributed by atoms with Gasteiger partial charge in [-0.25, -0.2) is 13.8 Å². The molecule has 0 radical (unpaired) electrons. The smallest absolute Gasteiger partial charge is 0.256 e. The number of nitrogens with one attached hydrogen (secondary N) is 1. The Morgan fingerprint density at radius 3 is 2.58 bits per heavy atom. The number of halogens is 2. The number of carbonyl (C=O) groups excluding carboxylic acids is 1. The van der Waals surface area contributed by atoms with Gasteiger partial charge in [-0.3, -0.25) is 10.1 Å². The summed E-state index contributed by atoms with van der Waals surface area (Å²) in [6.07, 6.45) is -0.611. The fraction of sp³-hybridized carbons (Fsp3) is 0.478. The first-order valence-electron chi connectivity index (χ1n) is 10.5. The zero-order valence-electron chi connectivity index (χ0n) is 17.6. The molecule has 31 heavy (non-hydrogen) atoms. The number of pyridine rings is 1. The Kier molecular flexibility index (Phi) is 5.70. The topological polar surface area (TPSA) is 74.7 Å². The highest BCUT2D eigenvalue weighted by Gasteiger charge is 2.73. The summed E-state index contributed by atoms with van der Waals surface area (Å²) in [5.41, 5.74) is 0.994. The molecule has 2 heterocycles. The molecule has 1 aliphatic carbocycles. The molecule has 1 saturated heterocycles. The summed E-state index contributed by atoms with van der Waals surface area (Å²) in [4.78, 5) is 18.8. The van der Waals surface area contributed by atoms with Gasteiger partial charge in [0.25, 0.3) is 5.92 Å². The van der Waals surface area contributed by atoms with Crippen LogP contribution in [-0.4, -0.2) is 53.1 Å². The Hall–Kier alpha value is -2.58. The Morgan fingerprint density at radius 1 is 1.29 bits per heavy atom. The third-order valence-electron chi connectivity index (χ3n) is 6.38. The van der Waals surface area contributed by atoms with Crippen LogP contribution in [0.25, 0.3) is 11.1 Å². The van der Waals surface area contributed by atoms with Crippen LogP contribution in [0, 0.1) is 5.41 Å². The molecule has 166 valence electrons. The number of hydrogen-bond donors (Lipinski definition) is 2. The molecule has 4 rings (SSSR count). The van der Waals surface area contributed by atoms with Crippen LogP contribution in [0.4, 0.5) is 8.78 Å². The largest absolute Gasteiger partial charge is 0.481 e. The highest BCUT2D eigenvalue weighted by atomic mass is 19.3. The molecule has 1 aromatic carbocycles. The molecule has 1 amide bonds. The van der Waals surface area contributed by atoms with E-state index in [-0.39, 0.29) is 18.9 Å². The quantitative estimate of drug-likeness (QED) is 0.658. The molecular weight excluding hydrogens is 404 g/mol. The minimum absolute atomic E-state index is 0.0744. The maximum absolute atomic E-state index is 13.7. The Labute approximate surface area is 180 Å². The van der Waals surface area contributed by atoms with Crippen molar-refractivity contribution in [2.75, 3.05) is 20.2 Å². The van der Waals surface area contributed by atoms with Gasteiger partial charge in [0.1, 0.15) is 6.23 Å². The van der Waals surface area contributed by atoms with E-state index in [0.717, 1.165) is 11.1 Å². The zero-order chi connectivity index (χ0) is 22.2. The second kappa shape index (κ2) is 8.16. The van der Waals surface area contributed by atoms with Crippen molar-refractivity contribution < 1.29 is 23.4 Å². The highest BCUT2D eigenvalue weighted by Crippen LogP contribution is 2.65. The van der Waals surface area contributed by atoms with Crippen molar-refractivity contribution in [3.8, 4) is 17.0 Å². The average molecular weight is 431 g/mol. The van der Waals surface area contributed by atoms with Crippen molar-refractivity contribution in [1.82, 2.24) is 15.2 Å². The van der Waals surface area contributed by atoms with E-state index in [9.17, 15) is 18.7 Å². The standard InChI is InChI=1S/C23H27F2N3O3/c1-3-17(21(30)28-12-11-22(14-28)13-23(22,24)25)26-19(29)18-10-9-16(20(27-18)31-2)15-7-5-4-6-8-15/h4-10,17,19,26,29H,3,11-14H2,1-2H3/t17-,19?,22?/m1/s1. The lowest BCUT2D eigenvalue weighted by Crippen LogP contribution is -2.47. The number of amides is 1. The molecule has 8 heteroatoms. The van der Waals surface area contributed by atoms with Crippen molar-refractivity contribution in [2.24, 2.45) is 5.41 Å². The molecule has 1 spiro atoms. The summed E-state index contributed by atoms with van der Waals surface area (Å²) in [5.74, 6) is -2.58. The predicted molar refractivity (Wildman–Crippen MR) is 112 cm³/mol. The molecular formula is C23H27F2N3O3. The number of likely N-dealkylation sites (tertiary alicyclic amines) is 1. The SMILES string of the molecule is CC[C@@H](NC(O)c1ccc(-c2ccccc2)c(OC)n1)C(=O)N1CCC2(C1)CC2(F)F. The molecule has 3 atom stereocenters. The molecule has 2 unspecified atom stereocenters. The monoisotopic (exact) mass is 431 g/mol. The van der Waals surface area contributed by atoms with Gasteiger partial charge in [-0.05, 0) is 30.5 Å². The molecule has 2 fully saturated rings. The van der Waals surface area contributed by atoms with E-state index < -0.39 is 23.6 Å². The molecule has 1 aromatic heterocycles. The highest BCUT2D eigenvalue weighted by molar-refractivity contribution is 5.82. The van der Waals surface area contributed by atoms with Gasteiger partial charge < -0.3 is 14.7 Å². The first-order chi connectivity index (χ1) is 14.8. The number of hydrogen-bond acceptors (Lipinski definition) is 5. The van der Waals surface area contributed by atoms with E-state index in [0.29, 0.717) is 31.0 Å². The fourth-order valence-electron chi connectivity index (χ4n) is 4.34. The van der Waals surface area contributed by atoms with E-state index in [2.05, 4.69) is 10.3 Å². The number of rotatable bonds is 7. The van der Waals surface area contributed by atoms with Gasteiger partial charge in [0.05, 0.1) is 24.3 Å². The van der Waals surface area contributed by atoms with Crippen molar-refractivity contribution >= 4 is 5.91 Å². The van der Waals surface area contributed by atoms with Gasteiger partial charge in [-0.15, -0.1) is 0 Å². The van der Waals surface area contributed by atoms with Gasteiger partial charge in [0.2, 0.25) is 11.8 Å². The summed E-state index contributed by atoms with van der Waals surface area (Å²) < 4.78 is 32.7. The van der Waals surface area contributed by atoms with E-state index in [1.807, 2.05) is 43.3 Å². The third-order valence-corrected chi connectivity index (χ3v) is 6.38. The summed E-state index contributed by atoms with van der Waals surface area (Å²) in [5, 5.41) is 13.6. The number of aliphatic hydroxyl groups excluding tert-OH is 1. The van der Waals surface area contributed by atoms with Gasteiger partial charge in [0.15, 0.2) is 0 Å². The van der Waals surface area contributed by atoms with Crippen molar-refractivity contribution in [1.29, 1.82) is 0 Å². The van der Waals surface area contributed by atoms with Gasteiger partial charge >= 0.3 is 0 Å². The normalized spacial score (nSPS) is 23.6. The van der Waals surface area contributed by atoms with Gasteiger partial charge in [0, 0.05) is 25.1 Å². The summed E-state index contributed by atoms with van der Waals surface area (Å²) >= 11 is 0. The Morgan fingerprint density at radius 2 is 2.00 bits per heavy atom. The maximum Gasteiger partial charge on any atom is 0.256 e. The Balaban J connectivity index is 1.45. The molecule has 1 saturated carbocycles. The van der Waals surface area contributed by atoms with Crippen LogP contribution in [0.15, 0.2) is 42.5 Å². The van der Waals surface area contributed by atoms with Crippen LogP contribution in [0.2, 0.25) is 0 Å². The number of alkyl halides is 2. The third kappa shape index (κ3) is 4.02. The van der Waals surface area contributed by atoms with E-state index in [1.54, 1.807) is 6.07 Å². The molecule has 2 aromatic rings. The number of ether oxygens (including phenoxy) is 1. The van der Waals surface area contributed by atoms with E-state index in [1.165, 1.54) is 12.0 Å². The molecule has 2 N–H and O–H groups in total. The first-order valence-corrected chi connectivity index (χ1v) is 10.5. The van der Waals surface area contributed by atoms with Crippen LogP contribution in [0.3, 0.4) is 0 Å². The molecule has 0 bridgehead atoms. The van der Waals surface area contributed by atoms with Crippen LogP contribution in [0.1, 0.15) is 38.1 Å². The first kappa shape index (κ1) is 21.6. The second-order valence-corrected chi connectivity index (χ2v) is 8.36. The molecule has 6 nitrogen and oxygen atoms in total. The number of nitrogens with zero attached hydrogens (tertiary/aromatic N) is 2. The van der Waals surface area contributed by atoms with E-state index in [4.69, 9.17) is 4.74 Å². The Bertz CT molecular complexity index is 956. The summed E-state index contributed by atoms with van der Waals surface area (Å²) in [6.45, 7) is 2.21. The maximum atomic E-state index is 13.7. The minimum atomic E-state index is -2.67.